The first-order chi connectivity index (χ1) is 8.83. The topological polar surface area (TPSA) is 37.3 Å². The predicted molar refractivity (Wildman–Crippen MR) is 70.2 cm³/mol. The van der Waals surface area contributed by atoms with Crippen molar-refractivity contribution in [2.45, 2.75) is 6.61 Å². The molecule has 0 fully saturated rings. The van der Waals surface area contributed by atoms with Crippen LogP contribution < -0.4 is 0 Å². The van der Waals surface area contributed by atoms with Gasteiger partial charge in [-0.3, -0.25) is 4.79 Å². The van der Waals surface area contributed by atoms with Crippen LogP contribution in [0.2, 0.25) is 0 Å². The van der Waals surface area contributed by atoms with Crippen LogP contribution in [0.15, 0.2) is 48.5 Å². The summed E-state index contributed by atoms with van der Waals surface area (Å²) in [6.07, 6.45) is 0.773. The lowest BCUT2D eigenvalue weighted by atomic mass is 10.0. The van der Waals surface area contributed by atoms with Crippen LogP contribution in [0.5, 0.6) is 0 Å². The molecule has 0 atom stereocenters. The maximum absolute atomic E-state index is 10.7. The Kier molecular flexibility index (Phi) is 3.90. The Morgan fingerprint density at radius 3 is 2.50 bits per heavy atom. The molecule has 2 rings (SSSR count). The van der Waals surface area contributed by atoms with Crippen molar-refractivity contribution in [3.8, 4) is 11.8 Å². The molecule has 0 amide bonds. The number of benzene rings is 2. The van der Waals surface area contributed by atoms with Gasteiger partial charge in [0.1, 0.15) is 6.29 Å². The minimum atomic E-state index is -0.0854. The summed E-state index contributed by atoms with van der Waals surface area (Å²) < 4.78 is 0. The van der Waals surface area contributed by atoms with Gasteiger partial charge in [-0.2, -0.15) is 0 Å². The molecule has 0 aliphatic rings. The van der Waals surface area contributed by atoms with Crippen molar-refractivity contribution in [3.63, 3.8) is 0 Å². The monoisotopic (exact) mass is 236 g/mol. The molecule has 0 spiro atoms. The van der Waals surface area contributed by atoms with Crippen LogP contribution in [0.4, 0.5) is 0 Å². The Bertz CT molecular complexity index is 604. The summed E-state index contributed by atoms with van der Waals surface area (Å²) in [5.74, 6) is 6.00. The Hall–Kier alpha value is -2.37. The largest absolute Gasteiger partial charge is 0.392 e. The molecule has 88 valence electrons. The van der Waals surface area contributed by atoms with Crippen LogP contribution in [0.3, 0.4) is 0 Å². The summed E-state index contributed by atoms with van der Waals surface area (Å²) in [6, 6.07) is 14.7. The first kappa shape index (κ1) is 12.1. The second-order valence-corrected chi connectivity index (χ2v) is 3.81. The smallest absolute Gasteiger partial charge is 0.150 e. The van der Waals surface area contributed by atoms with E-state index in [-0.39, 0.29) is 6.61 Å². The first-order valence-electron chi connectivity index (χ1n) is 5.59. The van der Waals surface area contributed by atoms with E-state index in [2.05, 4.69) is 11.8 Å². The third kappa shape index (κ3) is 2.85. The number of aldehydes is 1. The van der Waals surface area contributed by atoms with E-state index in [0.29, 0.717) is 11.1 Å². The molecule has 0 unspecified atom stereocenters. The number of hydrogen-bond donors (Lipinski definition) is 1. The van der Waals surface area contributed by atoms with Crippen LogP contribution in [0.25, 0.3) is 0 Å². The third-order valence-corrected chi connectivity index (χ3v) is 2.56. The Balaban J connectivity index is 2.39. The highest BCUT2D eigenvalue weighted by Crippen LogP contribution is 2.10. The molecule has 2 nitrogen and oxygen atoms in total. The summed E-state index contributed by atoms with van der Waals surface area (Å²) >= 11 is 0. The fourth-order valence-corrected chi connectivity index (χ4v) is 1.58. The standard InChI is InChI=1S/C16H12O2/c17-11-14-7-9-16(12-18)15(10-14)8-6-13-4-2-1-3-5-13/h1-5,7,9-11,18H,12H2. The molecule has 0 saturated carbocycles. The predicted octanol–water partition coefficient (Wildman–Crippen LogP) is 2.39. The number of carbonyl (C=O) groups is 1. The van der Waals surface area contributed by atoms with Crippen LogP contribution >= 0.6 is 0 Å². The zero-order chi connectivity index (χ0) is 12.8. The van der Waals surface area contributed by atoms with Gasteiger partial charge in [0.25, 0.3) is 0 Å². The Labute approximate surface area is 106 Å². The van der Waals surface area contributed by atoms with Crippen LogP contribution in [-0.2, 0) is 6.61 Å². The fraction of sp³-hybridized carbons (Fsp3) is 0.0625. The maximum Gasteiger partial charge on any atom is 0.150 e. The van der Waals surface area contributed by atoms with Crippen molar-refractivity contribution >= 4 is 6.29 Å². The normalized spacial score (nSPS) is 9.39. The minimum Gasteiger partial charge on any atom is -0.392 e. The number of aliphatic hydroxyl groups is 1. The van der Waals surface area contributed by atoms with Crippen molar-refractivity contribution < 1.29 is 9.90 Å². The van der Waals surface area contributed by atoms with Crippen LogP contribution in [0.1, 0.15) is 27.0 Å². The Morgan fingerprint density at radius 2 is 1.83 bits per heavy atom. The van der Waals surface area contributed by atoms with Crippen LogP contribution in [-0.4, -0.2) is 11.4 Å². The number of carbonyl (C=O) groups excluding carboxylic acids is 1. The molecule has 18 heavy (non-hydrogen) atoms. The lowest BCUT2D eigenvalue weighted by Crippen LogP contribution is -1.92. The lowest BCUT2D eigenvalue weighted by Gasteiger charge is -2.01. The fourth-order valence-electron chi connectivity index (χ4n) is 1.58. The molecule has 0 heterocycles. The molecular formula is C16H12O2. The highest BCUT2D eigenvalue weighted by Gasteiger charge is 2.00. The first-order valence-corrected chi connectivity index (χ1v) is 5.59. The van der Waals surface area contributed by atoms with Gasteiger partial charge in [-0.1, -0.05) is 42.2 Å². The SMILES string of the molecule is O=Cc1ccc(CO)c(C#Cc2ccccc2)c1. The van der Waals surface area contributed by atoms with Crippen LogP contribution in [0, 0.1) is 11.8 Å². The van der Waals surface area contributed by atoms with E-state index >= 15 is 0 Å². The van der Waals surface area contributed by atoms with E-state index in [1.54, 1.807) is 18.2 Å². The summed E-state index contributed by atoms with van der Waals surface area (Å²) in [5.41, 5.74) is 2.87. The average Bonchev–Trinajstić information content (AvgIpc) is 2.45. The molecule has 0 saturated heterocycles. The molecule has 2 aromatic carbocycles. The highest BCUT2D eigenvalue weighted by atomic mass is 16.3. The number of hydrogen-bond acceptors (Lipinski definition) is 2. The summed E-state index contributed by atoms with van der Waals surface area (Å²) in [5, 5.41) is 9.22. The van der Waals surface area contributed by atoms with Crippen molar-refractivity contribution in [1.82, 2.24) is 0 Å². The molecule has 0 aliphatic carbocycles. The Morgan fingerprint density at radius 1 is 1.06 bits per heavy atom. The van der Waals surface area contributed by atoms with Gasteiger partial charge in [0.2, 0.25) is 0 Å². The molecule has 0 bridgehead atoms. The van der Waals surface area contributed by atoms with Gasteiger partial charge >= 0.3 is 0 Å². The van der Waals surface area contributed by atoms with Gasteiger partial charge in [0.05, 0.1) is 6.61 Å². The van der Waals surface area contributed by atoms with Crippen molar-refractivity contribution in [3.05, 3.63) is 70.8 Å². The molecule has 0 aliphatic heterocycles. The minimum absolute atomic E-state index is 0.0854. The lowest BCUT2D eigenvalue weighted by molar-refractivity contribution is 0.112. The molecular weight excluding hydrogens is 224 g/mol. The molecule has 1 N–H and O–H groups in total. The summed E-state index contributed by atoms with van der Waals surface area (Å²) in [6.45, 7) is -0.0854. The highest BCUT2D eigenvalue weighted by molar-refractivity contribution is 5.76. The van der Waals surface area contributed by atoms with Crippen molar-refractivity contribution in [2.75, 3.05) is 0 Å². The third-order valence-electron chi connectivity index (χ3n) is 2.56. The van der Waals surface area contributed by atoms with Gasteiger partial charge in [0, 0.05) is 16.7 Å². The van der Waals surface area contributed by atoms with E-state index in [1.807, 2.05) is 30.3 Å². The van der Waals surface area contributed by atoms with Gasteiger partial charge in [-0.25, -0.2) is 0 Å². The quantitative estimate of drug-likeness (QED) is 0.642. The van der Waals surface area contributed by atoms with Crippen molar-refractivity contribution in [1.29, 1.82) is 0 Å². The molecule has 0 aromatic heterocycles. The van der Waals surface area contributed by atoms with Gasteiger partial charge < -0.3 is 5.11 Å². The zero-order valence-electron chi connectivity index (χ0n) is 9.76. The average molecular weight is 236 g/mol. The zero-order valence-corrected chi connectivity index (χ0v) is 9.76. The molecule has 0 radical (unpaired) electrons. The molecule has 2 aromatic rings. The number of rotatable bonds is 2. The van der Waals surface area contributed by atoms with E-state index in [9.17, 15) is 9.90 Å². The van der Waals surface area contributed by atoms with E-state index in [0.717, 1.165) is 17.4 Å². The maximum atomic E-state index is 10.7. The van der Waals surface area contributed by atoms with Gasteiger partial charge in [-0.05, 0) is 23.8 Å². The van der Waals surface area contributed by atoms with E-state index in [1.165, 1.54) is 0 Å². The number of aliphatic hydroxyl groups excluding tert-OH is 1. The van der Waals surface area contributed by atoms with E-state index < -0.39 is 0 Å². The van der Waals surface area contributed by atoms with Crippen molar-refractivity contribution in [2.24, 2.45) is 0 Å². The second kappa shape index (κ2) is 5.81. The van der Waals surface area contributed by atoms with Gasteiger partial charge in [0.15, 0.2) is 0 Å². The molecule has 2 heteroatoms. The second-order valence-electron chi connectivity index (χ2n) is 3.81. The summed E-state index contributed by atoms with van der Waals surface area (Å²) in [7, 11) is 0. The van der Waals surface area contributed by atoms with Gasteiger partial charge in [-0.15, -0.1) is 0 Å². The summed E-state index contributed by atoms with van der Waals surface area (Å²) in [4.78, 5) is 10.7. The van der Waals surface area contributed by atoms with E-state index in [4.69, 9.17) is 0 Å².